The summed E-state index contributed by atoms with van der Waals surface area (Å²) in [4.78, 5) is 30.2. The van der Waals surface area contributed by atoms with Crippen LogP contribution in [0.1, 0.15) is 37.6 Å². The van der Waals surface area contributed by atoms with Gasteiger partial charge in [0.15, 0.2) is 0 Å². The van der Waals surface area contributed by atoms with Crippen LogP contribution in [0.4, 0.5) is 5.95 Å². The summed E-state index contributed by atoms with van der Waals surface area (Å²) in [7, 11) is 0. The number of rotatable bonds is 7. The summed E-state index contributed by atoms with van der Waals surface area (Å²) < 4.78 is 1.99. The Bertz CT molecular complexity index is 1030. The van der Waals surface area contributed by atoms with Gasteiger partial charge in [-0.2, -0.15) is 0 Å². The molecule has 1 aromatic heterocycles. The zero-order chi connectivity index (χ0) is 21.0. The van der Waals surface area contributed by atoms with E-state index in [1.54, 1.807) is 24.3 Å². The minimum absolute atomic E-state index is 0.120. The van der Waals surface area contributed by atoms with Crippen LogP contribution in [0.2, 0.25) is 5.02 Å². The number of benzene rings is 2. The number of hydrogen-bond acceptors (Lipinski definition) is 3. The Morgan fingerprint density at radius 1 is 1.10 bits per heavy atom. The molecule has 1 atom stereocenters. The fourth-order valence-electron chi connectivity index (χ4n) is 3.21. The number of amides is 2. The van der Waals surface area contributed by atoms with Gasteiger partial charge in [0.05, 0.1) is 21.6 Å². The number of nitrogens with one attached hydrogen (secondary N) is 2. The van der Waals surface area contributed by atoms with Gasteiger partial charge >= 0.3 is 0 Å². The van der Waals surface area contributed by atoms with Gasteiger partial charge in [0, 0.05) is 6.54 Å². The smallest absolute Gasteiger partial charge is 0.253 e. The maximum Gasteiger partial charge on any atom is 0.253 e. The van der Waals surface area contributed by atoms with E-state index in [1.165, 1.54) is 0 Å². The van der Waals surface area contributed by atoms with Gasteiger partial charge in [-0.15, -0.1) is 0 Å². The molecule has 0 saturated carbocycles. The molecule has 2 N–H and O–H groups in total. The van der Waals surface area contributed by atoms with E-state index >= 15 is 0 Å². The second-order valence-corrected chi connectivity index (χ2v) is 7.65. The largest absolute Gasteiger partial charge is 0.340 e. The Balaban J connectivity index is 1.83. The second kappa shape index (κ2) is 9.09. The van der Waals surface area contributed by atoms with Crippen LogP contribution in [0.3, 0.4) is 0 Å². The lowest BCUT2D eigenvalue weighted by Gasteiger charge is -2.22. The summed E-state index contributed by atoms with van der Waals surface area (Å²) in [6, 6.07) is 13.8. The molecule has 3 aromatic rings. The minimum Gasteiger partial charge on any atom is -0.340 e. The Kier molecular flexibility index (Phi) is 6.54. The molecule has 3 rings (SSSR count). The quantitative estimate of drug-likeness (QED) is 0.600. The van der Waals surface area contributed by atoms with Gasteiger partial charge in [-0.1, -0.05) is 56.6 Å². The molecule has 7 heteroatoms. The van der Waals surface area contributed by atoms with Crippen LogP contribution in [-0.2, 0) is 11.3 Å². The SMILES string of the molecule is CCCn1c(NC(=O)C(NC(=O)c2ccccc2Cl)C(C)C)nc2ccccc21. The fraction of sp³-hybridized carbons (Fsp3) is 0.318. The van der Waals surface area contributed by atoms with Gasteiger partial charge in [-0.25, -0.2) is 4.98 Å². The standard InChI is InChI=1S/C22H25ClN4O2/c1-4-13-27-18-12-8-7-11-17(18)24-22(27)26-21(29)19(14(2)3)25-20(28)15-9-5-6-10-16(15)23/h5-12,14,19H,4,13H2,1-3H3,(H,25,28)(H,24,26,29). The third kappa shape index (κ3) is 4.59. The van der Waals surface area contributed by atoms with Gasteiger partial charge in [0.2, 0.25) is 11.9 Å². The Morgan fingerprint density at radius 2 is 1.79 bits per heavy atom. The van der Waals surface area contributed by atoms with E-state index in [1.807, 2.05) is 42.7 Å². The molecule has 2 amide bonds. The van der Waals surface area contributed by atoms with Crippen LogP contribution >= 0.6 is 11.6 Å². The topological polar surface area (TPSA) is 76.0 Å². The van der Waals surface area contributed by atoms with Crippen molar-refractivity contribution in [1.82, 2.24) is 14.9 Å². The highest BCUT2D eigenvalue weighted by atomic mass is 35.5. The first-order valence-electron chi connectivity index (χ1n) is 9.74. The van der Waals surface area contributed by atoms with E-state index in [0.29, 0.717) is 16.5 Å². The normalized spacial score (nSPS) is 12.2. The van der Waals surface area contributed by atoms with Gasteiger partial charge in [0.25, 0.3) is 5.91 Å². The Labute approximate surface area is 175 Å². The van der Waals surface area contributed by atoms with E-state index in [9.17, 15) is 9.59 Å². The first kappa shape index (κ1) is 20.9. The van der Waals surface area contributed by atoms with Crippen LogP contribution < -0.4 is 10.6 Å². The summed E-state index contributed by atoms with van der Waals surface area (Å²) in [5, 5.41) is 6.05. The fourth-order valence-corrected chi connectivity index (χ4v) is 3.43. The van der Waals surface area contributed by atoms with Crippen molar-refractivity contribution in [3.8, 4) is 0 Å². The molecule has 6 nitrogen and oxygen atoms in total. The second-order valence-electron chi connectivity index (χ2n) is 7.24. The number of anilines is 1. The van der Waals surface area contributed by atoms with Crippen molar-refractivity contribution in [3.05, 3.63) is 59.1 Å². The van der Waals surface area contributed by atoms with Crippen LogP contribution in [0.5, 0.6) is 0 Å². The average Bonchev–Trinajstić information content (AvgIpc) is 3.03. The molecule has 29 heavy (non-hydrogen) atoms. The summed E-state index contributed by atoms with van der Waals surface area (Å²) in [6.45, 7) is 6.56. The molecule has 0 radical (unpaired) electrons. The molecule has 0 aliphatic heterocycles. The average molecular weight is 413 g/mol. The molecule has 1 unspecified atom stereocenters. The number of carbonyl (C=O) groups excluding carboxylic acids is 2. The lowest BCUT2D eigenvalue weighted by Crippen LogP contribution is -2.47. The summed E-state index contributed by atoms with van der Waals surface area (Å²) in [6.07, 6.45) is 0.903. The number of imidazole rings is 1. The third-order valence-electron chi connectivity index (χ3n) is 4.69. The van der Waals surface area contributed by atoms with Crippen molar-refractivity contribution in [1.29, 1.82) is 0 Å². The Morgan fingerprint density at radius 3 is 2.48 bits per heavy atom. The number of carbonyl (C=O) groups is 2. The molecule has 0 aliphatic rings. The van der Waals surface area contributed by atoms with Gasteiger partial charge in [-0.3, -0.25) is 14.9 Å². The van der Waals surface area contributed by atoms with Crippen molar-refractivity contribution in [2.24, 2.45) is 5.92 Å². The number of para-hydroxylation sites is 2. The molecule has 0 aliphatic carbocycles. The van der Waals surface area contributed by atoms with E-state index in [0.717, 1.165) is 24.0 Å². The molecule has 0 fully saturated rings. The number of nitrogens with zero attached hydrogens (tertiary/aromatic N) is 2. The van der Waals surface area contributed by atoms with Crippen molar-refractivity contribution in [2.75, 3.05) is 5.32 Å². The van der Waals surface area contributed by atoms with Crippen molar-refractivity contribution >= 4 is 40.4 Å². The number of aromatic nitrogens is 2. The first-order chi connectivity index (χ1) is 13.9. The molecule has 1 heterocycles. The number of fused-ring (bicyclic) bond motifs is 1. The highest BCUT2D eigenvalue weighted by Crippen LogP contribution is 2.21. The number of aryl methyl sites for hydroxylation is 1. The molecule has 0 bridgehead atoms. The van der Waals surface area contributed by atoms with Gasteiger partial charge in [-0.05, 0) is 36.6 Å². The Hall–Kier alpha value is -2.86. The lowest BCUT2D eigenvalue weighted by molar-refractivity contribution is -0.119. The highest BCUT2D eigenvalue weighted by Gasteiger charge is 2.27. The van der Waals surface area contributed by atoms with Crippen LogP contribution in [0.25, 0.3) is 11.0 Å². The van der Waals surface area contributed by atoms with Crippen molar-refractivity contribution in [3.63, 3.8) is 0 Å². The third-order valence-corrected chi connectivity index (χ3v) is 5.02. The molecule has 0 spiro atoms. The molecule has 152 valence electrons. The predicted molar refractivity (Wildman–Crippen MR) is 116 cm³/mol. The molecular formula is C22H25ClN4O2. The van der Waals surface area contributed by atoms with Crippen LogP contribution in [-0.4, -0.2) is 27.4 Å². The van der Waals surface area contributed by atoms with Crippen molar-refractivity contribution < 1.29 is 9.59 Å². The maximum absolute atomic E-state index is 13.0. The lowest BCUT2D eigenvalue weighted by atomic mass is 10.0. The molecule has 0 saturated heterocycles. The maximum atomic E-state index is 13.0. The summed E-state index contributed by atoms with van der Waals surface area (Å²) >= 11 is 6.12. The van der Waals surface area contributed by atoms with Crippen molar-refractivity contribution in [2.45, 2.75) is 39.8 Å². The van der Waals surface area contributed by atoms with Crippen LogP contribution in [0, 0.1) is 5.92 Å². The van der Waals surface area contributed by atoms with E-state index < -0.39 is 6.04 Å². The van der Waals surface area contributed by atoms with E-state index in [4.69, 9.17) is 11.6 Å². The molecule has 2 aromatic carbocycles. The summed E-state index contributed by atoms with van der Waals surface area (Å²) in [5.41, 5.74) is 2.12. The van der Waals surface area contributed by atoms with Gasteiger partial charge in [0.1, 0.15) is 6.04 Å². The molecular weight excluding hydrogens is 388 g/mol. The zero-order valence-corrected chi connectivity index (χ0v) is 17.5. The van der Waals surface area contributed by atoms with Crippen LogP contribution in [0.15, 0.2) is 48.5 Å². The predicted octanol–water partition coefficient (Wildman–Crippen LogP) is 4.49. The monoisotopic (exact) mass is 412 g/mol. The van der Waals surface area contributed by atoms with Gasteiger partial charge < -0.3 is 9.88 Å². The van der Waals surface area contributed by atoms with E-state index in [-0.39, 0.29) is 17.7 Å². The minimum atomic E-state index is -0.728. The highest BCUT2D eigenvalue weighted by molar-refractivity contribution is 6.33. The summed E-state index contributed by atoms with van der Waals surface area (Å²) in [5.74, 6) is -0.333. The number of halogens is 1. The van der Waals surface area contributed by atoms with E-state index in [2.05, 4.69) is 22.5 Å². The first-order valence-corrected chi connectivity index (χ1v) is 10.1. The number of hydrogen-bond donors (Lipinski definition) is 2. The zero-order valence-electron chi connectivity index (χ0n) is 16.8.